The smallest absolute Gasteiger partial charge is 0.102 e. The van der Waals surface area contributed by atoms with Gasteiger partial charge in [0.1, 0.15) is 6.23 Å². The van der Waals surface area contributed by atoms with Gasteiger partial charge in [-0.1, -0.05) is 0 Å². The predicted octanol–water partition coefficient (Wildman–Crippen LogP) is 0.729. The van der Waals surface area contributed by atoms with E-state index in [1.54, 1.807) is 6.92 Å². The van der Waals surface area contributed by atoms with E-state index in [-0.39, 0.29) is 6.23 Å². The summed E-state index contributed by atoms with van der Waals surface area (Å²) in [5, 5.41) is 12.2. The van der Waals surface area contributed by atoms with Crippen molar-refractivity contribution in [2.24, 2.45) is 0 Å². The van der Waals surface area contributed by atoms with Crippen molar-refractivity contribution in [1.82, 2.24) is 8.43 Å². The molecule has 0 radical (unpaired) electrons. The summed E-state index contributed by atoms with van der Waals surface area (Å²) in [6.07, 6.45) is 1.93. The van der Waals surface area contributed by atoms with Gasteiger partial charge in [0.2, 0.25) is 0 Å². The van der Waals surface area contributed by atoms with Gasteiger partial charge in [-0.05, 0) is 19.8 Å². The lowest BCUT2D eigenvalue weighted by atomic mass is 10.1. The van der Waals surface area contributed by atoms with Crippen molar-refractivity contribution in [3.05, 3.63) is 0 Å². The largest absolute Gasteiger partial charge is 0.379 e. The van der Waals surface area contributed by atoms with E-state index in [0.717, 1.165) is 25.9 Å². The van der Waals surface area contributed by atoms with Crippen LogP contribution in [0.3, 0.4) is 0 Å². The summed E-state index contributed by atoms with van der Waals surface area (Å²) in [5.74, 6) is 0. The molecule has 1 saturated heterocycles. The maximum atomic E-state index is 9.04. The minimum Gasteiger partial charge on any atom is -0.379 e. The molecule has 0 aromatic carbocycles. The highest BCUT2D eigenvalue weighted by Crippen LogP contribution is 2.13. The van der Waals surface area contributed by atoms with Gasteiger partial charge < -0.3 is 5.11 Å². The Labute approximate surface area is 81.6 Å². The first-order valence-corrected chi connectivity index (χ1v) is 5.00. The molecular weight excluding hydrogens is 255 g/mol. The van der Waals surface area contributed by atoms with Gasteiger partial charge in [0.15, 0.2) is 0 Å². The topological polar surface area (TPSA) is 35.5 Å². The molecule has 0 spiro atoms. The highest BCUT2D eigenvalue weighted by molar-refractivity contribution is 14.1. The molecule has 0 saturated carbocycles. The highest BCUT2D eigenvalue weighted by Gasteiger charge is 2.17. The molecule has 4 heteroatoms. The third kappa shape index (κ3) is 3.68. The number of halogens is 1. The molecule has 0 aliphatic carbocycles. The first-order valence-electron chi connectivity index (χ1n) is 4.03. The number of aliphatic hydroxyl groups is 1. The van der Waals surface area contributed by atoms with Gasteiger partial charge in [0.05, 0.1) is 0 Å². The molecule has 1 unspecified atom stereocenters. The minimum atomic E-state index is -0.360. The lowest BCUT2D eigenvalue weighted by Crippen LogP contribution is -2.42. The third-order valence-electron chi connectivity index (χ3n) is 1.92. The number of nitrogens with one attached hydrogen (secondary N) is 1. The average Bonchev–Trinajstić information content (AvgIpc) is 1.93. The number of hydrogen-bond acceptors (Lipinski definition) is 3. The van der Waals surface area contributed by atoms with Crippen LogP contribution in [0, 0.1) is 0 Å². The summed E-state index contributed by atoms with van der Waals surface area (Å²) in [6.45, 7) is 4.03. The summed E-state index contributed by atoms with van der Waals surface area (Å²) in [4.78, 5) is 0. The quantitative estimate of drug-likeness (QED) is 0.441. The fraction of sp³-hybridized carbons (Fsp3) is 1.00. The Morgan fingerprint density at radius 3 is 2.55 bits per heavy atom. The monoisotopic (exact) mass is 270 g/mol. The van der Waals surface area contributed by atoms with Crippen LogP contribution in [-0.4, -0.2) is 33.6 Å². The molecular formula is C7H15IN2O. The van der Waals surface area contributed by atoms with Crippen LogP contribution in [0.4, 0.5) is 0 Å². The zero-order valence-corrected chi connectivity index (χ0v) is 8.91. The summed E-state index contributed by atoms with van der Waals surface area (Å²) in [5.41, 5.74) is 0. The van der Waals surface area contributed by atoms with Crippen molar-refractivity contribution < 1.29 is 5.11 Å². The Morgan fingerprint density at radius 2 is 2.09 bits per heavy atom. The Bertz CT molecular complexity index is 113. The van der Waals surface area contributed by atoms with Crippen molar-refractivity contribution in [3.8, 4) is 0 Å². The molecule has 1 rings (SSSR count). The van der Waals surface area contributed by atoms with Crippen molar-refractivity contribution >= 4 is 22.9 Å². The van der Waals surface area contributed by atoms with Gasteiger partial charge in [0, 0.05) is 42.0 Å². The van der Waals surface area contributed by atoms with Crippen molar-refractivity contribution in [1.29, 1.82) is 0 Å². The highest BCUT2D eigenvalue weighted by atomic mass is 127. The van der Waals surface area contributed by atoms with Gasteiger partial charge in [-0.2, -0.15) is 0 Å². The molecule has 1 atom stereocenters. The van der Waals surface area contributed by atoms with Crippen LogP contribution in [0.5, 0.6) is 0 Å². The van der Waals surface area contributed by atoms with Crippen molar-refractivity contribution in [3.63, 3.8) is 0 Å². The zero-order valence-electron chi connectivity index (χ0n) is 6.76. The molecule has 2 N–H and O–H groups in total. The van der Waals surface area contributed by atoms with Crippen molar-refractivity contribution in [2.45, 2.75) is 32.0 Å². The van der Waals surface area contributed by atoms with Crippen LogP contribution < -0.4 is 5.32 Å². The number of aliphatic hydroxyl groups excluding tert-OH is 1. The molecule has 11 heavy (non-hydrogen) atoms. The van der Waals surface area contributed by atoms with Gasteiger partial charge in [-0.3, -0.25) is 5.32 Å². The summed E-state index contributed by atoms with van der Waals surface area (Å²) in [7, 11) is 0. The van der Waals surface area contributed by atoms with E-state index in [9.17, 15) is 0 Å². The number of piperidine rings is 1. The first-order chi connectivity index (χ1) is 5.18. The predicted molar refractivity (Wildman–Crippen MR) is 53.4 cm³/mol. The SMILES string of the molecule is CC(O)NC1CCN(I)CC1. The van der Waals surface area contributed by atoms with E-state index in [1.165, 1.54) is 0 Å². The van der Waals surface area contributed by atoms with Gasteiger partial charge in [-0.25, -0.2) is 3.11 Å². The van der Waals surface area contributed by atoms with Crippen LogP contribution in [-0.2, 0) is 0 Å². The normalized spacial score (nSPS) is 25.4. The van der Waals surface area contributed by atoms with E-state index in [2.05, 4.69) is 31.3 Å². The molecule has 0 amide bonds. The Balaban J connectivity index is 2.17. The first kappa shape index (κ1) is 9.70. The molecule has 0 aromatic heterocycles. The summed E-state index contributed by atoms with van der Waals surface area (Å²) >= 11 is 2.34. The summed E-state index contributed by atoms with van der Waals surface area (Å²) < 4.78 is 2.29. The van der Waals surface area contributed by atoms with Crippen LogP contribution in [0.1, 0.15) is 19.8 Å². The molecule has 1 fully saturated rings. The molecule has 0 bridgehead atoms. The Kier molecular flexibility index (Phi) is 4.05. The lowest BCUT2D eigenvalue weighted by molar-refractivity contribution is 0.128. The maximum Gasteiger partial charge on any atom is 0.102 e. The van der Waals surface area contributed by atoms with Crippen LogP contribution in [0.15, 0.2) is 0 Å². The van der Waals surface area contributed by atoms with Crippen LogP contribution in [0.2, 0.25) is 0 Å². The van der Waals surface area contributed by atoms with Crippen LogP contribution >= 0.6 is 22.9 Å². The van der Waals surface area contributed by atoms with E-state index in [0.29, 0.717) is 6.04 Å². The molecule has 3 nitrogen and oxygen atoms in total. The van der Waals surface area contributed by atoms with E-state index >= 15 is 0 Å². The zero-order chi connectivity index (χ0) is 8.27. The van der Waals surface area contributed by atoms with Crippen LogP contribution in [0.25, 0.3) is 0 Å². The fourth-order valence-electron chi connectivity index (χ4n) is 1.36. The lowest BCUT2D eigenvalue weighted by Gasteiger charge is -2.29. The van der Waals surface area contributed by atoms with Gasteiger partial charge in [-0.15, -0.1) is 0 Å². The maximum absolute atomic E-state index is 9.04. The molecule has 1 heterocycles. The summed E-state index contributed by atoms with van der Waals surface area (Å²) in [6, 6.07) is 0.515. The van der Waals surface area contributed by atoms with Gasteiger partial charge >= 0.3 is 0 Å². The molecule has 1 aliphatic heterocycles. The molecule has 0 aromatic rings. The Morgan fingerprint density at radius 1 is 1.55 bits per heavy atom. The standard InChI is InChI=1S/C7H15IN2O/c1-6(11)9-7-2-4-10(8)5-3-7/h6-7,9,11H,2-5H2,1H3. The Hall–Kier alpha value is 0.610. The fourth-order valence-corrected chi connectivity index (χ4v) is 1.91. The second-order valence-electron chi connectivity index (χ2n) is 3.03. The number of nitrogens with zero attached hydrogens (tertiary/aromatic N) is 1. The van der Waals surface area contributed by atoms with Crippen molar-refractivity contribution in [2.75, 3.05) is 13.1 Å². The molecule has 66 valence electrons. The van der Waals surface area contributed by atoms with E-state index < -0.39 is 0 Å². The van der Waals surface area contributed by atoms with E-state index in [1.807, 2.05) is 0 Å². The van der Waals surface area contributed by atoms with E-state index in [4.69, 9.17) is 5.11 Å². The number of rotatable bonds is 2. The molecule has 1 aliphatic rings. The number of hydrogen-bond donors (Lipinski definition) is 2. The second kappa shape index (κ2) is 4.59. The average molecular weight is 270 g/mol. The minimum absolute atomic E-state index is 0.360. The third-order valence-corrected chi connectivity index (χ3v) is 2.88. The van der Waals surface area contributed by atoms with Gasteiger partial charge in [0.25, 0.3) is 0 Å². The second-order valence-corrected chi connectivity index (χ2v) is 4.39.